The fourth-order valence-electron chi connectivity index (χ4n) is 4.23. The number of aryl methyl sites for hydroxylation is 1. The Morgan fingerprint density at radius 3 is 2.78 bits per heavy atom. The van der Waals surface area contributed by atoms with Crippen molar-refractivity contribution in [2.75, 3.05) is 11.5 Å². The summed E-state index contributed by atoms with van der Waals surface area (Å²) in [4.78, 5) is 36.9. The number of nitrogens with zero attached hydrogens (tertiary/aromatic N) is 3. The van der Waals surface area contributed by atoms with E-state index in [4.69, 9.17) is 4.74 Å². The number of aromatic nitrogens is 2. The monoisotopic (exact) mass is 499 g/mol. The van der Waals surface area contributed by atoms with Crippen molar-refractivity contribution in [2.45, 2.75) is 32.7 Å². The number of aliphatic hydroxyl groups excluding tert-OH is 1. The van der Waals surface area contributed by atoms with E-state index in [2.05, 4.69) is 16.9 Å². The summed E-state index contributed by atoms with van der Waals surface area (Å²) in [6.07, 6.45) is 5.12. The number of hydrogen-bond acceptors (Lipinski definition) is 7. The van der Waals surface area contributed by atoms with E-state index in [9.17, 15) is 14.7 Å². The van der Waals surface area contributed by atoms with Crippen LogP contribution in [0.25, 0.3) is 16.0 Å². The average molecular weight is 500 g/mol. The molecule has 4 aromatic rings. The second-order valence-corrected chi connectivity index (χ2v) is 9.66. The van der Waals surface area contributed by atoms with E-state index in [-0.39, 0.29) is 11.3 Å². The van der Waals surface area contributed by atoms with Crippen molar-refractivity contribution >= 4 is 44.1 Å². The first-order valence-electron chi connectivity index (χ1n) is 11.8. The number of anilines is 1. The van der Waals surface area contributed by atoms with Crippen LogP contribution in [0, 0.1) is 6.92 Å². The number of Topliss-reactive ketones (excluding diaryl/α,β-unsaturated/α-hetero) is 1. The molecule has 0 saturated carbocycles. The highest BCUT2D eigenvalue weighted by Crippen LogP contribution is 2.44. The molecule has 8 heteroatoms. The molecule has 1 aliphatic heterocycles. The van der Waals surface area contributed by atoms with Gasteiger partial charge in [-0.3, -0.25) is 19.5 Å². The molecular weight excluding hydrogens is 474 g/mol. The highest BCUT2D eigenvalue weighted by molar-refractivity contribution is 7.22. The smallest absolute Gasteiger partial charge is 0.301 e. The zero-order valence-corrected chi connectivity index (χ0v) is 20.8. The van der Waals surface area contributed by atoms with Crippen LogP contribution >= 0.6 is 11.3 Å². The molecule has 182 valence electrons. The van der Waals surface area contributed by atoms with Gasteiger partial charge in [0.15, 0.2) is 5.13 Å². The van der Waals surface area contributed by atoms with Crippen molar-refractivity contribution in [3.05, 3.63) is 89.3 Å². The van der Waals surface area contributed by atoms with Gasteiger partial charge in [0.05, 0.1) is 28.4 Å². The van der Waals surface area contributed by atoms with Crippen LogP contribution in [0.1, 0.15) is 42.5 Å². The van der Waals surface area contributed by atoms with Gasteiger partial charge in [-0.05, 0) is 54.8 Å². The van der Waals surface area contributed by atoms with Crippen molar-refractivity contribution in [3.63, 3.8) is 0 Å². The maximum absolute atomic E-state index is 13.4. The molecule has 36 heavy (non-hydrogen) atoms. The van der Waals surface area contributed by atoms with Crippen molar-refractivity contribution in [2.24, 2.45) is 0 Å². The fraction of sp³-hybridized carbons (Fsp3) is 0.214. The predicted octanol–water partition coefficient (Wildman–Crippen LogP) is 5.80. The summed E-state index contributed by atoms with van der Waals surface area (Å²) in [5.74, 6) is -1.19. The molecule has 1 amide bonds. The number of carbonyl (C=O) groups excluding carboxylic acids is 2. The lowest BCUT2D eigenvalue weighted by Crippen LogP contribution is -2.29. The second kappa shape index (κ2) is 9.91. The van der Waals surface area contributed by atoms with E-state index in [1.165, 1.54) is 16.2 Å². The number of rotatable bonds is 7. The van der Waals surface area contributed by atoms with Crippen molar-refractivity contribution in [3.8, 4) is 5.75 Å². The van der Waals surface area contributed by atoms with E-state index in [0.717, 1.165) is 28.6 Å². The zero-order chi connectivity index (χ0) is 25.2. The van der Waals surface area contributed by atoms with Crippen LogP contribution in [-0.4, -0.2) is 33.4 Å². The molecule has 1 unspecified atom stereocenters. The molecule has 3 heterocycles. The first-order valence-corrected chi connectivity index (χ1v) is 12.6. The van der Waals surface area contributed by atoms with Crippen molar-refractivity contribution in [1.82, 2.24) is 9.97 Å². The summed E-state index contributed by atoms with van der Waals surface area (Å²) in [5.41, 5.74) is 2.81. The van der Waals surface area contributed by atoms with Crippen LogP contribution in [0.3, 0.4) is 0 Å². The number of hydrogen-bond donors (Lipinski definition) is 1. The first-order chi connectivity index (χ1) is 17.5. The molecule has 1 fully saturated rings. The molecule has 1 saturated heterocycles. The Hall–Kier alpha value is -4.04. The number of ether oxygens (including phenoxy) is 1. The standard InChI is InChI=1S/C28H25N3O4S/c1-3-4-13-35-20-9-5-7-18(15-20)25(32)23-24(19-8-6-12-29-16-19)31(27(34)26(23)33)28-30-21-11-10-17(2)14-22(21)36-28/h5-12,14-16,24,32H,3-4,13H2,1-2H3/b25-23+. The van der Waals surface area contributed by atoms with Gasteiger partial charge in [-0.25, -0.2) is 4.98 Å². The van der Waals surface area contributed by atoms with Crippen LogP contribution in [0.5, 0.6) is 5.75 Å². The van der Waals surface area contributed by atoms with E-state index in [0.29, 0.717) is 28.6 Å². The first kappa shape index (κ1) is 23.7. The molecule has 0 aliphatic carbocycles. The molecule has 1 atom stereocenters. The Morgan fingerprint density at radius 1 is 1.14 bits per heavy atom. The summed E-state index contributed by atoms with van der Waals surface area (Å²) in [7, 11) is 0. The summed E-state index contributed by atoms with van der Waals surface area (Å²) in [6, 6.07) is 15.4. The summed E-state index contributed by atoms with van der Waals surface area (Å²) >= 11 is 1.33. The third kappa shape index (κ3) is 4.35. The number of benzene rings is 2. The molecule has 1 aliphatic rings. The van der Waals surface area contributed by atoms with E-state index in [1.807, 2.05) is 25.1 Å². The zero-order valence-electron chi connectivity index (χ0n) is 20.0. The van der Waals surface area contributed by atoms with Gasteiger partial charge in [-0.2, -0.15) is 0 Å². The van der Waals surface area contributed by atoms with Gasteiger partial charge < -0.3 is 9.84 Å². The van der Waals surface area contributed by atoms with Crippen molar-refractivity contribution in [1.29, 1.82) is 0 Å². The maximum Gasteiger partial charge on any atom is 0.301 e. The predicted molar refractivity (Wildman–Crippen MR) is 140 cm³/mol. The number of aliphatic hydroxyl groups is 1. The molecule has 1 N–H and O–H groups in total. The summed E-state index contributed by atoms with van der Waals surface area (Å²) < 4.78 is 6.69. The highest BCUT2D eigenvalue weighted by Gasteiger charge is 2.48. The number of thiazole rings is 1. The summed E-state index contributed by atoms with van der Waals surface area (Å²) in [5, 5.41) is 11.8. The summed E-state index contributed by atoms with van der Waals surface area (Å²) in [6.45, 7) is 4.62. The van der Waals surface area contributed by atoms with Crippen LogP contribution < -0.4 is 9.64 Å². The second-order valence-electron chi connectivity index (χ2n) is 8.65. The Bertz CT molecular complexity index is 1480. The Labute approximate surface area is 212 Å². The molecule has 2 aromatic carbocycles. The number of unbranched alkanes of at least 4 members (excludes halogenated alkanes) is 1. The van der Waals surface area contributed by atoms with Crippen LogP contribution in [0.15, 0.2) is 72.6 Å². The minimum Gasteiger partial charge on any atom is -0.507 e. The SMILES string of the molecule is CCCCOc1cccc(/C(O)=C2\C(=O)C(=O)N(c3nc4ccc(C)cc4s3)C2c2cccnc2)c1. The van der Waals surface area contributed by atoms with E-state index < -0.39 is 17.7 Å². The normalized spacial score (nSPS) is 17.2. The van der Waals surface area contributed by atoms with Crippen LogP contribution in [0.4, 0.5) is 5.13 Å². The molecule has 5 rings (SSSR count). The number of fused-ring (bicyclic) bond motifs is 1. The molecule has 0 radical (unpaired) electrons. The van der Waals surface area contributed by atoms with Gasteiger partial charge in [0.1, 0.15) is 11.5 Å². The molecule has 2 aromatic heterocycles. The highest BCUT2D eigenvalue weighted by atomic mass is 32.1. The minimum atomic E-state index is -0.870. The number of pyridine rings is 1. The van der Waals surface area contributed by atoms with Gasteiger partial charge in [-0.15, -0.1) is 0 Å². The number of amides is 1. The Balaban J connectivity index is 1.63. The van der Waals surface area contributed by atoms with Gasteiger partial charge >= 0.3 is 5.91 Å². The third-order valence-electron chi connectivity index (χ3n) is 6.06. The van der Waals surface area contributed by atoms with Gasteiger partial charge in [-0.1, -0.05) is 48.9 Å². The van der Waals surface area contributed by atoms with E-state index >= 15 is 0 Å². The van der Waals surface area contributed by atoms with Gasteiger partial charge in [0, 0.05) is 18.0 Å². The maximum atomic E-state index is 13.4. The average Bonchev–Trinajstić information content (AvgIpc) is 3.42. The molecule has 7 nitrogen and oxygen atoms in total. The quantitative estimate of drug-likeness (QED) is 0.149. The molecule has 0 spiro atoms. The Morgan fingerprint density at radius 2 is 2.00 bits per heavy atom. The van der Waals surface area contributed by atoms with Crippen LogP contribution in [0.2, 0.25) is 0 Å². The lowest BCUT2D eigenvalue weighted by atomic mass is 9.96. The third-order valence-corrected chi connectivity index (χ3v) is 7.07. The topological polar surface area (TPSA) is 92.6 Å². The fourth-order valence-corrected chi connectivity index (χ4v) is 5.32. The van der Waals surface area contributed by atoms with Gasteiger partial charge in [0.25, 0.3) is 5.78 Å². The largest absolute Gasteiger partial charge is 0.507 e. The van der Waals surface area contributed by atoms with Crippen LogP contribution in [-0.2, 0) is 9.59 Å². The number of carbonyl (C=O) groups is 2. The lowest BCUT2D eigenvalue weighted by Gasteiger charge is -2.22. The van der Waals surface area contributed by atoms with E-state index in [1.54, 1.807) is 48.8 Å². The lowest BCUT2D eigenvalue weighted by molar-refractivity contribution is -0.132. The molecule has 0 bridgehead atoms. The van der Waals surface area contributed by atoms with Gasteiger partial charge in [0.2, 0.25) is 0 Å². The Kier molecular flexibility index (Phi) is 6.52. The molecular formula is C28H25N3O4S. The minimum absolute atomic E-state index is 0.00542. The number of ketones is 1. The van der Waals surface area contributed by atoms with Crippen molar-refractivity contribution < 1.29 is 19.4 Å².